The predicted molar refractivity (Wildman–Crippen MR) is 47.8 cm³/mol. The molecule has 68 valence electrons. The van der Waals surface area contributed by atoms with Crippen molar-refractivity contribution in [1.29, 1.82) is 0 Å². The molecule has 0 radical (unpaired) electrons. The fourth-order valence-corrected chi connectivity index (χ4v) is 0.557. The summed E-state index contributed by atoms with van der Waals surface area (Å²) in [5.74, 6) is 0.0671. The Morgan fingerprint density at radius 1 is 1.27 bits per heavy atom. The fraction of sp³-hybridized carbons (Fsp3) is 0.889. The highest BCUT2D eigenvalue weighted by molar-refractivity contribution is 5.76. The van der Waals surface area contributed by atoms with Crippen LogP contribution in [0.2, 0.25) is 0 Å². The first-order valence-corrected chi connectivity index (χ1v) is 4.17. The van der Waals surface area contributed by atoms with Crippen LogP contribution in [0.3, 0.4) is 0 Å². The molecule has 0 atom stereocenters. The van der Waals surface area contributed by atoms with E-state index in [-0.39, 0.29) is 12.4 Å². The first-order chi connectivity index (χ1) is 5.18. The molecule has 0 heterocycles. The molecule has 0 spiro atoms. The molecule has 0 N–H and O–H groups in total. The average Bonchev–Trinajstić information content (AvgIpc) is 1.90. The molecular formula is C9H20O2. The Balaban J connectivity index is 0. The molecule has 11 heavy (non-hydrogen) atoms. The predicted octanol–water partition coefficient (Wildman–Crippen LogP) is 2.42. The van der Waals surface area contributed by atoms with E-state index in [0.29, 0.717) is 0 Å². The minimum Gasteiger partial charge on any atom is -0.377 e. The number of Topliss-reactive ketones (excluding diaryl/α,β-unsaturated/α-hetero) is 1. The van der Waals surface area contributed by atoms with Crippen molar-refractivity contribution < 1.29 is 9.53 Å². The maximum Gasteiger partial charge on any atom is 0.155 e. The summed E-state index contributed by atoms with van der Waals surface area (Å²) in [7, 11) is 1.50. The molecule has 0 unspecified atom stereocenters. The lowest BCUT2D eigenvalue weighted by atomic mass is 10.3. The minimum absolute atomic E-state index is 0.0671. The van der Waals surface area contributed by atoms with Gasteiger partial charge in [0, 0.05) is 7.11 Å². The van der Waals surface area contributed by atoms with E-state index in [1.807, 2.05) is 0 Å². The molecular weight excluding hydrogens is 140 g/mol. The normalized spacial score (nSPS) is 8.36. The number of unbranched alkanes of at least 4 members (excludes halogenated alkanes) is 2. The topological polar surface area (TPSA) is 26.3 Å². The molecule has 0 aliphatic heterocycles. The summed E-state index contributed by atoms with van der Waals surface area (Å²) in [5, 5.41) is 0. The molecule has 0 rings (SSSR count). The van der Waals surface area contributed by atoms with Gasteiger partial charge in [-0.3, -0.25) is 4.79 Å². The van der Waals surface area contributed by atoms with E-state index in [9.17, 15) is 4.79 Å². The molecule has 0 aliphatic carbocycles. The van der Waals surface area contributed by atoms with Gasteiger partial charge in [-0.15, -0.1) is 0 Å². The van der Waals surface area contributed by atoms with Crippen LogP contribution < -0.4 is 0 Å². The second-order valence-electron chi connectivity index (χ2n) is 2.49. The van der Waals surface area contributed by atoms with Gasteiger partial charge in [-0.05, 0) is 6.92 Å². The van der Waals surface area contributed by atoms with Crippen LogP contribution in [0, 0.1) is 0 Å². The summed E-state index contributed by atoms with van der Waals surface area (Å²) in [5.41, 5.74) is 0. The lowest BCUT2D eigenvalue weighted by Crippen LogP contribution is -1.98. The minimum atomic E-state index is 0.0671. The number of rotatable bonds is 4. The van der Waals surface area contributed by atoms with Gasteiger partial charge >= 0.3 is 0 Å². The van der Waals surface area contributed by atoms with Crippen LogP contribution in [0.5, 0.6) is 0 Å². The van der Waals surface area contributed by atoms with Gasteiger partial charge in [0.1, 0.15) is 6.61 Å². The summed E-state index contributed by atoms with van der Waals surface area (Å²) >= 11 is 0. The third kappa shape index (κ3) is 26.2. The number of ketones is 1. The zero-order valence-electron chi connectivity index (χ0n) is 8.14. The lowest BCUT2D eigenvalue weighted by Gasteiger charge is -1.84. The van der Waals surface area contributed by atoms with Crippen molar-refractivity contribution in [2.75, 3.05) is 13.7 Å². The van der Waals surface area contributed by atoms with E-state index >= 15 is 0 Å². The SMILES string of the molecule is CCCCC.COCC(C)=O. The molecule has 0 aromatic carbocycles. The Labute approximate surface area is 69.9 Å². The fourth-order valence-electron chi connectivity index (χ4n) is 0.557. The van der Waals surface area contributed by atoms with Gasteiger partial charge in [0.2, 0.25) is 0 Å². The third-order valence-corrected chi connectivity index (χ3v) is 1.05. The van der Waals surface area contributed by atoms with E-state index in [2.05, 4.69) is 18.6 Å². The van der Waals surface area contributed by atoms with Crippen molar-refractivity contribution in [1.82, 2.24) is 0 Å². The van der Waals surface area contributed by atoms with Gasteiger partial charge in [0.15, 0.2) is 5.78 Å². The van der Waals surface area contributed by atoms with Gasteiger partial charge in [0.25, 0.3) is 0 Å². The first-order valence-electron chi connectivity index (χ1n) is 4.17. The largest absolute Gasteiger partial charge is 0.377 e. The van der Waals surface area contributed by atoms with Gasteiger partial charge < -0.3 is 4.74 Å². The van der Waals surface area contributed by atoms with Crippen LogP contribution in [-0.4, -0.2) is 19.5 Å². The highest BCUT2D eigenvalue weighted by Gasteiger charge is 1.83. The second kappa shape index (κ2) is 12.3. The molecule has 0 saturated carbocycles. The summed E-state index contributed by atoms with van der Waals surface area (Å²) < 4.78 is 4.45. The molecule has 2 nitrogen and oxygen atoms in total. The number of hydrogen-bond acceptors (Lipinski definition) is 2. The number of carbonyl (C=O) groups is 1. The highest BCUT2D eigenvalue weighted by Crippen LogP contribution is 1.88. The molecule has 0 bridgehead atoms. The van der Waals surface area contributed by atoms with Crippen LogP contribution in [0.25, 0.3) is 0 Å². The van der Waals surface area contributed by atoms with E-state index in [4.69, 9.17) is 0 Å². The van der Waals surface area contributed by atoms with Crippen LogP contribution >= 0.6 is 0 Å². The van der Waals surface area contributed by atoms with E-state index in [1.165, 1.54) is 33.3 Å². The standard InChI is InChI=1S/C5H12.C4H8O2/c1-3-5-4-2;1-4(5)3-6-2/h3-5H2,1-2H3;3H2,1-2H3. The zero-order chi connectivity index (χ0) is 9.11. The highest BCUT2D eigenvalue weighted by atomic mass is 16.5. The van der Waals surface area contributed by atoms with Gasteiger partial charge in [-0.2, -0.15) is 0 Å². The van der Waals surface area contributed by atoms with Crippen molar-refractivity contribution in [2.24, 2.45) is 0 Å². The van der Waals surface area contributed by atoms with Crippen LogP contribution in [0.4, 0.5) is 0 Å². The molecule has 0 fully saturated rings. The number of carbonyl (C=O) groups excluding carboxylic acids is 1. The summed E-state index contributed by atoms with van der Waals surface area (Å²) in [6.07, 6.45) is 4.08. The Morgan fingerprint density at radius 3 is 1.73 bits per heavy atom. The molecule has 0 aliphatic rings. The Kier molecular flexibility index (Phi) is 14.8. The van der Waals surface area contributed by atoms with Crippen LogP contribution in [0.1, 0.15) is 40.0 Å². The maximum absolute atomic E-state index is 9.92. The van der Waals surface area contributed by atoms with E-state index in [1.54, 1.807) is 0 Å². The van der Waals surface area contributed by atoms with Crippen molar-refractivity contribution in [2.45, 2.75) is 40.0 Å². The number of hydrogen-bond donors (Lipinski definition) is 0. The van der Waals surface area contributed by atoms with Crippen LogP contribution in [0.15, 0.2) is 0 Å². The maximum atomic E-state index is 9.92. The van der Waals surface area contributed by atoms with Gasteiger partial charge in [-0.1, -0.05) is 33.1 Å². The lowest BCUT2D eigenvalue weighted by molar-refractivity contribution is -0.120. The Bertz CT molecular complexity index is 77.6. The van der Waals surface area contributed by atoms with Crippen molar-refractivity contribution >= 4 is 5.78 Å². The second-order valence-corrected chi connectivity index (χ2v) is 2.49. The molecule has 0 saturated heterocycles. The third-order valence-electron chi connectivity index (χ3n) is 1.05. The van der Waals surface area contributed by atoms with Gasteiger partial charge in [-0.25, -0.2) is 0 Å². The average molecular weight is 160 g/mol. The number of ether oxygens (including phenoxy) is 1. The zero-order valence-corrected chi connectivity index (χ0v) is 8.14. The van der Waals surface area contributed by atoms with E-state index < -0.39 is 0 Å². The van der Waals surface area contributed by atoms with Crippen molar-refractivity contribution in [3.63, 3.8) is 0 Å². The summed E-state index contributed by atoms with van der Waals surface area (Å²) in [4.78, 5) is 9.92. The molecule has 2 heteroatoms. The van der Waals surface area contributed by atoms with E-state index in [0.717, 1.165) is 0 Å². The van der Waals surface area contributed by atoms with Crippen molar-refractivity contribution in [3.8, 4) is 0 Å². The molecule has 0 aromatic heterocycles. The Hall–Kier alpha value is -0.370. The summed E-state index contributed by atoms with van der Waals surface area (Å²) in [6, 6.07) is 0. The monoisotopic (exact) mass is 160 g/mol. The van der Waals surface area contributed by atoms with Crippen molar-refractivity contribution in [3.05, 3.63) is 0 Å². The smallest absolute Gasteiger partial charge is 0.155 e. The summed E-state index contributed by atoms with van der Waals surface area (Å²) in [6.45, 7) is 6.15. The first kappa shape index (κ1) is 13.2. The van der Waals surface area contributed by atoms with Gasteiger partial charge in [0.05, 0.1) is 0 Å². The Morgan fingerprint density at radius 2 is 1.73 bits per heavy atom. The number of methoxy groups -OCH3 is 1. The molecule has 0 aromatic rings. The molecule has 0 amide bonds. The quantitative estimate of drug-likeness (QED) is 0.631. The van der Waals surface area contributed by atoms with Crippen LogP contribution in [-0.2, 0) is 9.53 Å².